The van der Waals surface area contributed by atoms with Crippen molar-refractivity contribution in [3.8, 4) is 0 Å². The molecule has 1 aromatic rings. The Bertz CT molecular complexity index is 366. The first-order valence-electron chi connectivity index (χ1n) is 6.70. The molecule has 0 aromatic carbocycles. The van der Waals surface area contributed by atoms with E-state index in [2.05, 4.69) is 35.5 Å². The zero-order valence-electron chi connectivity index (χ0n) is 11.6. The lowest BCUT2D eigenvalue weighted by Crippen LogP contribution is -2.46. The summed E-state index contributed by atoms with van der Waals surface area (Å²) in [5, 5.41) is 7.76. The maximum absolute atomic E-state index is 5.07. The molecule has 2 atom stereocenters. The Morgan fingerprint density at radius 2 is 2.39 bits per heavy atom. The van der Waals surface area contributed by atoms with E-state index in [1.807, 2.05) is 10.9 Å². The van der Waals surface area contributed by atoms with Crippen LogP contribution in [0.25, 0.3) is 0 Å². The maximum Gasteiger partial charge on any atom is 0.0754 e. The summed E-state index contributed by atoms with van der Waals surface area (Å²) in [5.41, 5.74) is 1.23. The number of ether oxygens (including phenoxy) is 1. The van der Waals surface area contributed by atoms with Crippen LogP contribution in [0.3, 0.4) is 0 Å². The van der Waals surface area contributed by atoms with Gasteiger partial charge >= 0.3 is 0 Å². The molecule has 2 rings (SSSR count). The molecule has 5 heteroatoms. The summed E-state index contributed by atoms with van der Waals surface area (Å²) < 4.78 is 7.02. The molecule has 0 spiro atoms. The molecule has 5 nitrogen and oxygen atoms in total. The van der Waals surface area contributed by atoms with Crippen LogP contribution in [0.4, 0.5) is 5.69 Å². The normalized spacial score (nSPS) is 24.5. The van der Waals surface area contributed by atoms with Gasteiger partial charge in [-0.2, -0.15) is 5.10 Å². The summed E-state index contributed by atoms with van der Waals surface area (Å²) in [4.78, 5) is 2.45. The third-order valence-corrected chi connectivity index (χ3v) is 3.76. The highest BCUT2D eigenvalue weighted by atomic mass is 16.5. The molecule has 0 aliphatic carbocycles. The summed E-state index contributed by atoms with van der Waals surface area (Å²) >= 11 is 0. The van der Waals surface area contributed by atoms with Gasteiger partial charge in [-0.15, -0.1) is 0 Å². The topological polar surface area (TPSA) is 42.3 Å². The molecule has 0 saturated carbocycles. The number of nitrogens with zero attached hydrogens (tertiary/aromatic N) is 3. The van der Waals surface area contributed by atoms with E-state index in [1.165, 1.54) is 18.5 Å². The number of rotatable bonds is 5. The zero-order chi connectivity index (χ0) is 13.0. The number of hydrogen-bond donors (Lipinski definition) is 1. The number of hydrogen-bond acceptors (Lipinski definition) is 4. The zero-order valence-corrected chi connectivity index (χ0v) is 11.6. The van der Waals surface area contributed by atoms with Crippen molar-refractivity contribution in [2.24, 2.45) is 0 Å². The van der Waals surface area contributed by atoms with Gasteiger partial charge in [0, 0.05) is 31.9 Å². The highest BCUT2D eigenvalue weighted by molar-refractivity contribution is 5.44. The predicted octanol–water partition coefficient (Wildman–Crippen LogP) is 1.11. The van der Waals surface area contributed by atoms with Crippen LogP contribution in [0.15, 0.2) is 12.4 Å². The molecule has 18 heavy (non-hydrogen) atoms. The Kier molecular flexibility index (Phi) is 4.60. The van der Waals surface area contributed by atoms with Crippen LogP contribution in [0.5, 0.6) is 0 Å². The molecule has 1 aliphatic rings. The second kappa shape index (κ2) is 6.20. The van der Waals surface area contributed by atoms with Gasteiger partial charge < -0.3 is 15.0 Å². The summed E-state index contributed by atoms with van der Waals surface area (Å²) in [6.07, 6.45) is 6.48. The van der Waals surface area contributed by atoms with Gasteiger partial charge in [-0.3, -0.25) is 4.68 Å². The van der Waals surface area contributed by atoms with Crippen molar-refractivity contribution >= 4 is 5.69 Å². The van der Waals surface area contributed by atoms with E-state index in [4.69, 9.17) is 4.74 Å². The van der Waals surface area contributed by atoms with Crippen LogP contribution in [0.1, 0.15) is 19.8 Å². The van der Waals surface area contributed by atoms with Crippen molar-refractivity contribution in [1.29, 1.82) is 0 Å². The van der Waals surface area contributed by atoms with Crippen LogP contribution in [0, 0.1) is 0 Å². The minimum Gasteiger partial charge on any atom is -0.383 e. The van der Waals surface area contributed by atoms with Crippen molar-refractivity contribution < 1.29 is 4.74 Å². The van der Waals surface area contributed by atoms with Crippen LogP contribution >= 0.6 is 0 Å². The Hall–Kier alpha value is -1.07. The number of piperidine rings is 1. The molecule has 1 N–H and O–H groups in total. The SMILES string of the molecule is CNC1CCN(c2cnn(CCOC)c2)C(C)C1. The number of aromatic nitrogens is 2. The van der Waals surface area contributed by atoms with Gasteiger partial charge in [-0.05, 0) is 26.8 Å². The fourth-order valence-corrected chi connectivity index (χ4v) is 2.63. The quantitative estimate of drug-likeness (QED) is 0.852. The summed E-state index contributed by atoms with van der Waals surface area (Å²) in [5.74, 6) is 0. The lowest BCUT2D eigenvalue weighted by atomic mass is 9.98. The number of nitrogens with one attached hydrogen (secondary N) is 1. The van der Waals surface area contributed by atoms with Gasteiger partial charge in [0.15, 0.2) is 0 Å². The molecule has 1 saturated heterocycles. The van der Waals surface area contributed by atoms with E-state index in [1.54, 1.807) is 7.11 Å². The average molecular weight is 252 g/mol. The second-order valence-electron chi connectivity index (χ2n) is 5.01. The average Bonchev–Trinajstić information content (AvgIpc) is 2.84. The van der Waals surface area contributed by atoms with Gasteiger partial charge in [-0.1, -0.05) is 0 Å². The fourth-order valence-electron chi connectivity index (χ4n) is 2.63. The van der Waals surface area contributed by atoms with Gasteiger partial charge in [0.25, 0.3) is 0 Å². The van der Waals surface area contributed by atoms with Crippen LogP contribution in [-0.4, -0.2) is 49.2 Å². The first kappa shape index (κ1) is 13.4. The summed E-state index contributed by atoms with van der Waals surface area (Å²) in [6.45, 7) is 4.91. The summed E-state index contributed by atoms with van der Waals surface area (Å²) in [6, 6.07) is 1.22. The van der Waals surface area contributed by atoms with E-state index in [9.17, 15) is 0 Å². The van der Waals surface area contributed by atoms with Crippen molar-refractivity contribution in [3.63, 3.8) is 0 Å². The first-order chi connectivity index (χ1) is 8.74. The third-order valence-electron chi connectivity index (χ3n) is 3.76. The minimum absolute atomic E-state index is 0.566. The molecule has 1 aliphatic heterocycles. The molecule has 2 heterocycles. The lowest BCUT2D eigenvalue weighted by Gasteiger charge is -2.38. The molecule has 2 unspecified atom stereocenters. The molecule has 1 aromatic heterocycles. The van der Waals surface area contributed by atoms with E-state index in [0.717, 1.165) is 13.1 Å². The first-order valence-corrected chi connectivity index (χ1v) is 6.70. The molecule has 0 bridgehead atoms. The molecule has 1 fully saturated rings. The van der Waals surface area contributed by atoms with Crippen molar-refractivity contribution in [2.45, 2.75) is 38.4 Å². The Balaban J connectivity index is 1.96. The number of methoxy groups -OCH3 is 1. The minimum atomic E-state index is 0.566. The molecule has 0 amide bonds. The fraction of sp³-hybridized carbons (Fsp3) is 0.769. The standard InChI is InChI=1S/C13H24N4O/c1-11-8-12(14-2)4-5-17(11)13-9-15-16(10-13)6-7-18-3/h9-12,14H,4-8H2,1-3H3. The van der Waals surface area contributed by atoms with Gasteiger partial charge in [0.1, 0.15) is 0 Å². The second-order valence-corrected chi connectivity index (χ2v) is 5.01. The van der Waals surface area contributed by atoms with Gasteiger partial charge in [0.2, 0.25) is 0 Å². The molecule has 0 radical (unpaired) electrons. The smallest absolute Gasteiger partial charge is 0.0754 e. The molecule has 102 valence electrons. The molecular formula is C13H24N4O. The van der Waals surface area contributed by atoms with E-state index < -0.39 is 0 Å². The van der Waals surface area contributed by atoms with E-state index >= 15 is 0 Å². The van der Waals surface area contributed by atoms with Crippen molar-refractivity contribution in [1.82, 2.24) is 15.1 Å². The highest BCUT2D eigenvalue weighted by Crippen LogP contribution is 2.24. The monoisotopic (exact) mass is 252 g/mol. The number of anilines is 1. The van der Waals surface area contributed by atoms with Gasteiger partial charge in [0.05, 0.1) is 25.0 Å². The highest BCUT2D eigenvalue weighted by Gasteiger charge is 2.25. The van der Waals surface area contributed by atoms with Crippen LogP contribution in [0.2, 0.25) is 0 Å². The van der Waals surface area contributed by atoms with E-state index in [0.29, 0.717) is 18.7 Å². The Labute approximate surface area is 109 Å². The largest absolute Gasteiger partial charge is 0.383 e. The van der Waals surface area contributed by atoms with Crippen molar-refractivity contribution in [3.05, 3.63) is 12.4 Å². The van der Waals surface area contributed by atoms with Crippen LogP contribution in [-0.2, 0) is 11.3 Å². The Morgan fingerprint density at radius 1 is 1.56 bits per heavy atom. The van der Waals surface area contributed by atoms with E-state index in [-0.39, 0.29) is 0 Å². The predicted molar refractivity (Wildman–Crippen MR) is 73.0 cm³/mol. The lowest BCUT2D eigenvalue weighted by molar-refractivity contribution is 0.183. The van der Waals surface area contributed by atoms with Crippen LogP contribution < -0.4 is 10.2 Å². The third kappa shape index (κ3) is 3.03. The molecular weight excluding hydrogens is 228 g/mol. The van der Waals surface area contributed by atoms with Gasteiger partial charge in [-0.25, -0.2) is 0 Å². The van der Waals surface area contributed by atoms with Crippen molar-refractivity contribution in [2.75, 3.05) is 32.2 Å². The maximum atomic E-state index is 5.07. The summed E-state index contributed by atoms with van der Waals surface area (Å²) in [7, 11) is 3.77. The Morgan fingerprint density at radius 3 is 3.06 bits per heavy atom.